The van der Waals surface area contributed by atoms with Crippen molar-refractivity contribution >= 4 is 28.4 Å². The number of ether oxygens (including phenoxy) is 1. The van der Waals surface area contributed by atoms with Crippen LogP contribution in [-0.4, -0.2) is 48.6 Å². The Bertz CT molecular complexity index is 1800. The first kappa shape index (κ1) is 26.1. The van der Waals surface area contributed by atoms with E-state index in [0.717, 1.165) is 23.6 Å². The molecule has 1 aliphatic rings. The van der Waals surface area contributed by atoms with Gasteiger partial charge in [0.2, 0.25) is 0 Å². The number of aliphatic hydroxyl groups excluding tert-OH is 1. The molecule has 5 aromatic rings. The number of aromatic amines is 1. The zero-order valence-corrected chi connectivity index (χ0v) is 21.3. The number of carbonyl (C=O) groups is 1. The molecule has 11 nitrogen and oxygen atoms in total. The van der Waals surface area contributed by atoms with Crippen molar-refractivity contribution in [3.63, 3.8) is 0 Å². The largest absolute Gasteiger partial charge is 0.453 e. The fraction of sp³-hybridized carbons (Fsp3) is 0.179. The van der Waals surface area contributed by atoms with Crippen LogP contribution < -0.4 is 20.9 Å². The molecule has 4 N–H and O–H groups in total. The van der Waals surface area contributed by atoms with Gasteiger partial charge in [-0.25, -0.2) is 13.8 Å². The number of hydrogen-bond donors (Lipinski definition) is 4. The van der Waals surface area contributed by atoms with Crippen molar-refractivity contribution in [2.45, 2.75) is 18.9 Å². The summed E-state index contributed by atoms with van der Waals surface area (Å²) in [5.41, 5.74) is -0.130. The Balaban J connectivity index is 1.19. The lowest BCUT2D eigenvalue weighted by Gasteiger charge is -2.34. The fourth-order valence-electron chi connectivity index (χ4n) is 4.64. The summed E-state index contributed by atoms with van der Waals surface area (Å²) in [5.74, 6) is -1.02. The van der Waals surface area contributed by atoms with Gasteiger partial charge in [0, 0.05) is 42.9 Å². The van der Waals surface area contributed by atoms with Crippen LogP contribution in [0.3, 0.4) is 0 Å². The van der Waals surface area contributed by atoms with Crippen LogP contribution in [0.1, 0.15) is 23.2 Å². The maximum absolute atomic E-state index is 15.1. The first-order chi connectivity index (χ1) is 19.9. The summed E-state index contributed by atoms with van der Waals surface area (Å²) >= 11 is 0. The minimum Gasteiger partial charge on any atom is -0.453 e. The molecule has 3 heterocycles. The van der Waals surface area contributed by atoms with E-state index in [1.54, 1.807) is 6.07 Å². The molecule has 0 atom stereocenters. The topological polar surface area (TPSA) is 147 Å². The molecule has 2 aromatic carbocycles. The summed E-state index contributed by atoms with van der Waals surface area (Å²) in [6, 6.07) is 11.9. The number of carbonyl (C=O) groups excluding carboxylic acids is 1. The Morgan fingerprint density at radius 2 is 1.88 bits per heavy atom. The number of halogens is 2. The predicted octanol–water partition coefficient (Wildman–Crippen LogP) is 4.01. The highest BCUT2D eigenvalue weighted by molar-refractivity contribution is 6.04. The molecule has 208 valence electrons. The van der Waals surface area contributed by atoms with Crippen molar-refractivity contribution in [2.24, 2.45) is 5.92 Å². The van der Waals surface area contributed by atoms with E-state index in [-0.39, 0.29) is 41.3 Å². The molecule has 0 bridgehead atoms. The molecule has 41 heavy (non-hydrogen) atoms. The average molecular weight is 560 g/mol. The monoisotopic (exact) mass is 559 g/mol. The number of amides is 1. The van der Waals surface area contributed by atoms with E-state index in [1.807, 2.05) is 0 Å². The lowest BCUT2D eigenvalue weighted by molar-refractivity contribution is 0.102. The van der Waals surface area contributed by atoms with Crippen LogP contribution in [0.5, 0.6) is 11.5 Å². The van der Waals surface area contributed by atoms with E-state index in [9.17, 15) is 19.1 Å². The third kappa shape index (κ3) is 5.22. The Morgan fingerprint density at radius 3 is 2.63 bits per heavy atom. The lowest BCUT2D eigenvalue weighted by atomic mass is 9.81. The zero-order chi connectivity index (χ0) is 28.5. The Labute approximate surface area is 230 Å². The summed E-state index contributed by atoms with van der Waals surface area (Å²) < 4.78 is 35.2. The molecule has 0 saturated heterocycles. The summed E-state index contributed by atoms with van der Waals surface area (Å²) in [6.07, 6.45) is 4.39. The first-order valence-corrected chi connectivity index (χ1v) is 12.7. The number of H-pyrrole nitrogens is 1. The molecular formula is C28H23F2N7O4. The number of fused-ring (bicyclic) bond motifs is 1. The van der Waals surface area contributed by atoms with Crippen molar-refractivity contribution in [3.8, 4) is 17.2 Å². The second-order valence-electron chi connectivity index (χ2n) is 9.61. The van der Waals surface area contributed by atoms with Crippen LogP contribution >= 0.6 is 0 Å². The van der Waals surface area contributed by atoms with Gasteiger partial charge < -0.3 is 20.5 Å². The minimum absolute atomic E-state index is 0.0957. The molecule has 1 fully saturated rings. The van der Waals surface area contributed by atoms with Crippen LogP contribution in [0.2, 0.25) is 0 Å². The van der Waals surface area contributed by atoms with Crippen LogP contribution in [0, 0.1) is 17.6 Å². The molecule has 1 aliphatic carbocycles. The maximum atomic E-state index is 15.1. The Morgan fingerprint density at radius 1 is 1.07 bits per heavy atom. The molecular weight excluding hydrogens is 536 g/mol. The highest BCUT2D eigenvalue weighted by atomic mass is 19.1. The first-order valence-electron chi connectivity index (χ1n) is 12.7. The maximum Gasteiger partial charge on any atom is 0.284 e. The van der Waals surface area contributed by atoms with Gasteiger partial charge in [0.25, 0.3) is 11.5 Å². The van der Waals surface area contributed by atoms with Crippen molar-refractivity contribution in [3.05, 3.63) is 94.5 Å². The molecule has 6 rings (SSSR count). The molecule has 0 unspecified atom stereocenters. The molecule has 0 aliphatic heterocycles. The van der Waals surface area contributed by atoms with Crippen molar-refractivity contribution in [2.75, 3.05) is 17.2 Å². The quantitative estimate of drug-likeness (QED) is 0.223. The average Bonchev–Trinajstić information content (AvgIpc) is 3.36. The zero-order valence-electron chi connectivity index (χ0n) is 21.3. The highest BCUT2D eigenvalue weighted by Gasteiger charge is 2.29. The summed E-state index contributed by atoms with van der Waals surface area (Å²) in [5, 5.41) is 26.7. The number of aromatic nitrogens is 5. The van der Waals surface area contributed by atoms with Crippen LogP contribution in [0.4, 0.5) is 20.3 Å². The molecule has 0 spiro atoms. The van der Waals surface area contributed by atoms with Gasteiger partial charge in [0.1, 0.15) is 22.5 Å². The smallest absolute Gasteiger partial charge is 0.284 e. The van der Waals surface area contributed by atoms with E-state index < -0.39 is 23.1 Å². The SMILES string of the molecule is O=C(Nc1ccc(Oc2ccnc3[nH]nc(N[C@H]4C[C@@H](CO)C4)c23)c(F)c1)c1ccnn(-c2ccc(F)cc2)c1=O. The number of anilines is 2. The third-order valence-electron chi connectivity index (χ3n) is 6.83. The molecule has 3 aromatic heterocycles. The highest BCUT2D eigenvalue weighted by Crippen LogP contribution is 2.37. The Kier molecular flexibility index (Phi) is 6.85. The van der Waals surface area contributed by atoms with Crippen LogP contribution in [0.15, 0.2) is 71.8 Å². The van der Waals surface area contributed by atoms with Gasteiger partial charge in [-0.2, -0.15) is 14.9 Å². The minimum atomic E-state index is -0.772. The van der Waals surface area contributed by atoms with E-state index in [4.69, 9.17) is 4.74 Å². The van der Waals surface area contributed by atoms with Gasteiger partial charge in [-0.3, -0.25) is 14.7 Å². The lowest BCUT2D eigenvalue weighted by Crippen LogP contribution is -2.37. The third-order valence-corrected chi connectivity index (χ3v) is 6.83. The summed E-state index contributed by atoms with van der Waals surface area (Å²) in [4.78, 5) is 30.0. The van der Waals surface area contributed by atoms with Crippen molar-refractivity contribution < 1.29 is 23.4 Å². The van der Waals surface area contributed by atoms with Gasteiger partial charge in [-0.05, 0) is 61.2 Å². The summed E-state index contributed by atoms with van der Waals surface area (Å²) in [6.45, 7) is 0.141. The normalized spacial score (nSPS) is 16.3. The number of hydrogen-bond acceptors (Lipinski definition) is 8. The van der Waals surface area contributed by atoms with E-state index >= 15 is 4.39 Å². The number of rotatable bonds is 8. The fourth-order valence-corrected chi connectivity index (χ4v) is 4.64. The standard InChI is InChI=1S/C28H23F2N7O4/c29-16-1-4-19(5-2-16)37-28(40)20(7-10-32-37)27(39)34-17-3-6-22(21(30)13-17)41-23-8-9-31-25-24(23)26(36-35-25)33-18-11-15(12-18)14-38/h1-10,13,15,18,38H,11-12,14H2,(H,34,39)(H2,31,33,35,36)/t15-,18+. The second kappa shape index (κ2) is 10.8. The second-order valence-corrected chi connectivity index (χ2v) is 9.61. The number of benzene rings is 2. The molecule has 0 radical (unpaired) electrons. The van der Waals surface area contributed by atoms with E-state index in [2.05, 4.69) is 30.9 Å². The molecule has 1 amide bonds. The van der Waals surface area contributed by atoms with Crippen molar-refractivity contribution in [1.82, 2.24) is 25.0 Å². The number of nitrogens with one attached hydrogen (secondary N) is 3. The number of pyridine rings is 1. The predicted molar refractivity (Wildman–Crippen MR) is 145 cm³/mol. The molecule has 1 saturated carbocycles. The molecule has 13 heteroatoms. The van der Waals surface area contributed by atoms with Gasteiger partial charge in [-0.15, -0.1) is 0 Å². The number of nitrogens with zero attached hydrogens (tertiary/aromatic N) is 4. The van der Waals surface area contributed by atoms with E-state index in [1.165, 1.54) is 54.9 Å². The van der Waals surface area contributed by atoms with Gasteiger partial charge in [0.15, 0.2) is 23.0 Å². The Hall–Kier alpha value is -5.17. The van der Waals surface area contributed by atoms with Crippen molar-refractivity contribution in [1.29, 1.82) is 0 Å². The van der Waals surface area contributed by atoms with Crippen LogP contribution in [-0.2, 0) is 0 Å². The summed E-state index contributed by atoms with van der Waals surface area (Å²) in [7, 11) is 0. The van der Waals surface area contributed by atoms with Gasteiger partial charge in [0.05, 0.1) is 5.69 Å². The van der Waals surface area contributed by atoms with E-state index in [0.29, 0.717) is 22.6 Å². The number of aliphatic hydroxyl groups is 1. The van der Waals surface area contributed by atoms with Crippen LogP contribution in [0.25, 0.3) is 16.7 Å². The van der Waals surface area contributed by atoms with Gasteiger partial charge in [-0.1, -0.05) is 0 Å². The van der Waals surface area contributed by atoms with Gasteiger partial charge >= 0.3 is 0 Å².